The topological polar surface area (TPSA) is 72.6 Å². The third-order valence-electron chi connectivity index (χ3n) is 2.11. The van der Waals surface area contributed by atoms with E-state index >= 15 is 0 Å². The Bertz CT molecular complexity index is 457. The molecule has 1 aliphatic heterocycles. The maximum absolute atomic E-state index is 9.75. The molecule has 1 heterocycles. The fourth-order valence-corrected chi connectivity index (χ4v) is 1.39. The predicted molar refractivity (Wildman–Crippen MR) is 61.0 cm³/mol. The van der Waals surface area contributed by atoms with E-state index in [-0.39, 0.29) is 11.6 Å². The number of para-hydroxylation sites is 1. The molecule has 0 aliphatic carbocycles. The maximum Gasteiger partial charge on any atom is 0.280 e. The Morgan fingerprint density at radius 3 is 2.88 bits per heavy atom. The molecule has 0 fully saturated rings. The van der Waals surface area contributed by atoms with Gasteiger partial charge in [0, 0.05) is 0 Å². The van der Waals surface area contributed by atoms with Gasteiger partial charge in [0.1, 0.15) is 19.5 Å². The van der Waals surface area contributed by atoms with Crippen molar-refractivity contribution in [3.05, 3.63) is 29.8 Å². The summed E-state index contributed by atoms with van der Waals surface area (Å²) in [7, 11) is 1.41. The Labute approximate surface area is 98.1 Å². The van der Waals surface area contributed by atoms with Crippen molar-refractivity contribution in [1.29, 1.82) is 0 Å². The Balaban J connectivity index is 2.39. The molecule has 1 aromatic carbocycles. The van der Waals surface area contributed by atoms with E-state index < -0.39 is 0 Å². The molecule has 0 atom stereocenters. The second-order valence-electron chi connectivity index (χ2n) is 3.22. The molecule has 0 saturated carbocycles. The number of nitrogens with zero attached hydrogens (tertiary/aromatic N) is 2. The summed E-state index contributed by atoms with van der Waals surface area (Å²) in [5.41, 5.74) is 0.768. The molecular formula is C11H12N2O4. The molecule has 6 heteroatoms. The van der Waals surface area contributed by atoms with E-state index in [9.17, 15) is 5.11 Å². The van der Waals surface area contributed by atoms with Crippen molar-refractivity contribution in [2.75, 3.05) is 20.3 Å². The number of benzene rings is 1. The van der Waals surface area contributed by atoms with Crippen LogP contribution in [0.5, 0.6) is 5.75 Å². The van der Waals surface area contributed by atoms with Crippen LogP contribution in [0, 0.1) is 0 Å². The highest BCUT2D eigenvalue weighted by molar-refractivity contribution is 6.45. The van der Waals surface area contributed by atoms with Gasteiger partial charge in [-0.3, -0.25) is 0 Å². The van der Waals surface area contributed by atoms with Gasteiger partial charge in [-0.1, -0.05) is 17.3 Å². The monoisotopic (exact) mass is 236 g/mol. The average molecular weight is 236 g/mol. The van der Waals surface area contributed by atoms with Crippen LogP contribution in [0.1, 0.15) is 5.56 Å². The predicted octanol–water partition coefficient (Wildman–Crippen LogP) is 1.10. The zero-order valence-corrected chi connectivity index (χ0v) is 9.29. The van der Waals surface area contributed by atoms with Crippen molar-refractivity contribution in [3.8, 4) is 5.75 Å². The summed E-state index contributed by atoms with van der Waals surface area (Å²) in [6.45, 7) is 0.777. The van der Waals surface area contributed by atoms with Gasteiger partial charge in [-0.05, 0) is 17.3 Å². The lowest BCUT2D eigenvalue weighted by atomic mass is 10.1. The molecule has 0 spiro atoms. The first-order valence-corrected chi connectivity index (χ1v) is 5.05. The Hall–Kier alpha value is -2.24. The van der Waals surface area contributed by atoms with Crippen molar-refractivity contribution >= 4 is 11.6 Å². The number of ether oxygens (including phenoxy) is 1. The van der Waals surface area contributed by atoms with Gasteiger partial charge in [0.05, 0.1) is 5.56 Å². The second-order valence-corrected chi connectivity index (χ2v) is 3.22. The minimum Gasteiger partial charge on any atom is -0.507 e. The molecule has 1 N–H and O–H groups in total. The van der Waals surface area contributed by atoms with Crippen molar-refractivity contribution in [3.63, 3.8) is 0 Å². The standard InChI is InChI=1S/C11H12N2O4/c1-15-12-10(11-13-17-7-6-16-11)8-4-2-3-5-9(8)14/h2-5,14H,6-7H2,1H3. The van der Waals surface area contributed by atoms with Crippen LogP contribution in [0.25, 0.3) is 0 Å². The number of hydrogen-bond donors (Lipinski definition) is 1. The summed E-state index contributed by atoms with van der Waals surface area (Å²) in [6, 6.07) is 6.71. The normalized spacial score (nSPS) is 15.6. The highest BCUT2D eigenvalue weighted by Crippen LogP contribution is 2.18. The van der Waals surface area contributed by atoms with E-state index in [0.29, 0.717) is 24.5 Å². The molecule has 1 aromatic rings. The summed E-state index contributed by atoms with van der Waals surface area (Å²) in [4.78, 5) is 9.64. The Kier molecular flexibility index (Phi) is 3.44. The van der Waals surface area contributed by atoms with Crippen molar-refractivity contribution in [2.45, 2.75) is 0 Å². The minimum atomic E-state index is 0.0696. The molecule has 6 nitrogen and oxygen atoms in total. The SMILES string of the molecule is CON=C(C1=NOCCO1)c1ccccc1O. The van der Waals surface area contributed by atoms with Crippen LogP contribution in [-0.2, 0) is 14.4 Å². The van der Waals surface area contributed by atoms with Gasteiger partial charge < -0.3 is 19.5 Å². The van der Waals surface area contributed by atoms with Crippen LogP contribution in [0.15, 0.2) is 34.6 Å². The van der Waals surface area contributed by atoms with Crippen molar-refractivity contribution < 1.29 is 19.5 Å². The largest absolute Gasteiger partial charge is 0.507 e. The molecule has 0 saturated heterocycles. The molecule has 17 heavy (non-hydrogen) atoms. The Morgan fingerprint density at radius 2 is 2.24 bits per heavy atom. The van der Waals surface area contributed by atoms with E-state index in [1.54, 1.807) is 24.3 Å². The van der Waals surface area contributed by atoms with Gasteiger partial charge in [-0.25, -0.2) is 0 Å². The molecular weight excluding hydrogens is 224 g/mol. The lowest BCUT2D eigenvalue weighted by Gasteiger charge is -2.15. The van der Waals surface area contributed by atoms with Crippen LogP contribution in [0.4, 0.5) is 0 Å². The van der Waals surface area contributed by atoms with Crippen molar-refractivity contribution in [1.82, 2.24) is 0 Å². The number of rotatable bonds is 3. The quantitative estimate of drug-likeness (QED) is 0.630. The highest BCUT2D eigenvalue weighted by Gasteiger charge is 2.20. The molecule has 0 bridgehead atoms. The number of aromatic hydroxyl groups is 1. The minimum absolute atomic E-state index is 0.0696. The molecule has 1 aliphatic rings. The van der Waals surface area contributed by atoms with E-state index in [0.717, 1.165) is 0 Å². The molecule has 0 unspecified atom stereocenters. The van der Waals surface area contributed by atoms with Crippen LogP contribution in [-0.4, -0.2) is 37.0 Å². The smallest absolute Gasteiger partial charge is 0.280 e. The maximum atomic E-state index is 9.75. The third-order valence-corrected chi connectivity index (χ3v) is 2.11. The summed E-state index contributed by atoms with van der Waals surface area (Å²) in [6.07, 6.45) is 0. The molecule has 0 radical (unpaired) electrons. The fraction of sp³-hybridized carbons (Fsp3) is 0.273. The van der Waals surface area contributed by atoms with E-state index in [4.69, 9.17) is 14.4 Å². The summed E-state index contributed by atoms with van der Waals surface area (Å²) < 4.78 is 5.31. The summed E-state index contributed by atoms with van der Waals surface area (Å²) >= 11 is 0. The second kappa shape index (κ2) is 5.20. The molecule has 90 valence electrons. The van der Waals surface area contributed by atoms with E-state index in [1.807, 2.05) is 0 Å². The van der Waals surface area contributed by atoms with Gasteiger partial charge in [0.25, 0.3) is 5.90 Å². The first-order chi connectivity index (χ1) is 8.33. The zero-order chi connectivity index (χ0) is 12.1. The van der Waals surface area contributed by atoms with Crippen LogP contribution in [0.2, 0.25) is 0 Å². The Morgan fingerprint density at radius 1 is 1.41 bits per heavy atom. The summed E-state index contributed by atoms with van der Waals surface area (Å²) in [5, 5.41) is 17.3. The molecule has 0 amide bonds. The number of phenolic OH excluding ortho intramolecular Hbond substituents is 1. The van der Waals surface area contributed by atoms with Gasteiger partial charge in [-0.2, -0.15) is 0 Å². The molecule has 0 aromatic heterocycles. The van der Waals surface area contributed by atoms with Gasteiger partial charge in [-0.15, -0.1) is 0 Å². The van der Waals surface area contributed by atoms with E-state index in [1.165, 1.54) is 7.11 Å². The molecule has 2 rings (SSSR count). The number of oxime groups is 2. The van der Waals surface area contributed by atoms with Gasteiger partial charge in [0.2, 0.25) is 0 Å². The van der Waals surface area contributed by atoms with E-state index in [2.05, 4.69) is 10.3 Å². The summed E-state index contributed by atoms with van der Waals surface area (Å²) in [5.74, 6) is 0.264. The van der Waals surface area contributed by atoms with Crippen LogP contribution < -0.4 is 0 Å². The highest BCUT2D eigenvalue weighted by atomic mass is 16.7. The van der Waals surface area contributed by atoms with Crippen LogP contribution in [0.3, 0.4) is 0 Å². The lowest BCUT2D eigenvalue weighted by molar-refractivity contribution is 0.0672. The first-order valence-electron chi connectivity index (χ1n) is 5.05. The van der Waals surface area contributed by atoms with Gasteiger partial charge in [0.15, 0.2) is 12.3 Å². The van der Waals surface area contributed by atoms with Crippen LogP contribution >= 0.6 is 0 Å². The number of hydrogen-bond acceptors (Lipinski definition) is 6. The first kappa shape index (κ1) is 11.3. The van der Waals surface area contributed by atoms with Crippen molar-refractivity contribution in [2.24, 2.45) is 10.3 Å². The average Bonchev–Trinajstić information content (AvgIpc) is 2.38. The lowest BCUT2D eigenvalue weighted by Crippen LogP contribution is -2.25. The van der Waals surface area contributed by atoms with Gasteiger partial charge >= 0.3 is 0 Å². The number of phenols is 1. The third kappa shape index (κ3) is 2.47. The zero-order valence-electron chi connectivity index (χ0n) is 9.29. The fourth-order valence-electron chi connectivity index (χ4n) is 1.39.